The molecule has 4 aromatic rings. The van der Waals surface area contributed by atoms with E-state index >= 15 is 0 Å². The second-order valence-corrected chi connectivity index (χ2v) is 13.6. The molecule has 5 rings (SSSR count). The third-order valence-electron chi connectivity index (χ3n) is 8.07. The van der Waals surface area contributed by atoms with Crippen LogP contribution in [0.15, 0.2) is 82.3 Å². The minimum absolute atomic E-state index is 0.0419. The highest BCUT2D eigenvalue weighted by atomic mass is 32.2. The predicted octanol–water partition coefficient (Wildman–Crippen LogP) is 3.50. The monoisotopic (exact) mass is 697 g/mol. The Bertz CT molecular complexity index is 1870. The van der Waals surface area contributed by atoms with Gasteiger partial charge >= 0.3 is 0 Å². The number of aryl methyl sites for hydroxylation is 2. The van der Waals surface area contributed by atoms with Gasteiger partial charge in [-0.1, -0.05) is 40.7 Å². The summed E-state index contributed by atoms with van der Waals surface area (Å²) in [6.07, 6.45) is 3.89. The third kappa shape index (κ3) is 10.6. The molecule has 1 fully saturated rings. The number of piperazine rings is 1. The molecule has 2 amide bonds. The fourth-order valence-corrected chi connectivity index (χ4v) is 7.16. The van der Waals surface area contributed by atoms with Gasteiger partial charge in [0.15, 0.2) is 0 Å². The zero-order valence-corrected chi connectivity index (χ0v) is 29.2. The number of carbonyl (C=O) groups excluding carboxylic acids is 2. The number of hydrogen-bond acceptors (Lipinski definition) is 9. The summed E-state index contributed by atoms with van der Waals surface area (Å²) in [6.45, 7) is 8.39. The van der Waals surface area contributed by atoms with E-state index in [0.717, 1.165) is 51.4 Å². The van der Waals surface area contributed by atoms with Crippen LogP contribution < -0.4 is 5.32 Å². The minimum Gasteiger partial charge on any atom is -0.507 e. The number of hydrogen-bond donors (Lipinski definition) is 3. The summed E-state index contributed by atoms with van der Waals surface area (Å²) in [4.78, 5) is 35.9. The van der Waals surface area contributed by atoms with Crippen molar-refractivity contribution in [2.45, 2.75) is 18.2 Å². The van der Waals surface area contributed by atoms with Gasteiger partial charge in [-0.3, -0.25) is 24.2 Å². The summed E-state index contributed by atoms with van der Waals surface area (Å²) in [5.41, 5.74) is 3.35. The molecule has 0 bridgehead atoms. The Balaban J connectivity index is 1.22. The van der Waals surface area contributed by atoms with Crippen LogP contribution in [0.4, 0.5) is 5.69 Å². The van der Waals surface area contributed by atoms with Gasteiger partial charge in [0.2, 0.25) is 0 Å². The number of aromatic nitrogens is 3. The molecule has 1 saturated heterocycles. The van der Waals surface area contributed by atoms with Crippen molar-refractivity contribution in [2.75, 3.05) is 70.2 Å². The number of phenolic OH excluding ortho intramolecular Hbond substituents is 1. The quantitative estimate of drug-likeness (QED) is 0.141. The molecule has 13 heteroatoms. The standard InChI is InChI=1S/C37H43N7O5S/c1-28-23-33(42(2)40-28)37(48)39-32-8-5-7-29(25-32)11-12-30-24-31(27-38-26-30)36(47)41-50(35-10-4-3-9-34(35)46)22-6-13-43-14-16-44(17-15-43)18-20-49-21-19-45/h3-5,7-10,23-27,45-46H,6,13-22H2,1-2H3,(H,39,48). The van der Waals surface area contributed by atoms with Crippen LogP contribution in [0.25, 0.3) is 0 Å². The second kappa shape index (κ2) is 18.3. The Morgan fingerprint density at radius 3 is 2.46 bits per heavy atom. The Labute approximate surface area is 295 Å². The lowest BCUT2D eigenvalue weighted by atomic mass is 10.1. The summed E-state index contributed by atoms with van der Waals surface area (Å²) in [5, 5.41) is 26.6. The number of rotatable bonds is 13. The number of aliphatic hydroxyl groups excluding tert-OH is 1. The van der Waals surface area contributed by atoms with E-state index in [1.165, 1.54) is 10.9 Å². The molecule has 1 aliphatic rings. The number of amides is 2. The molecule has 262 valence electrons. The molecule has 0 radical (unpaired) electrons. The first-order valence-electron chi connectivity index (χ1n) is 16.6. The lowest BCUT2D eigenvalue weighted by molar-refractivity contribution is 0.0577. The van der Waals surface area contributed by atoms with E-state index in [-0.39, 0.29) is 18.3 Å². The number of aromatic hydroxyl groups is 1. The van der Waals surface area contributed by atoms with Gasteiger partial charge in [-0.2, -0.15) is 9.46 Å². The van der Waals surface area contributed by atoms with Gasteiger partial charge in [-0.05, 0) is 62.4 Å². The van der Waals surface area contributed by atoms with Crippen molar-refractivity contribution < 1.29 is 24.5 Å². The number of nitrogens with one attached hydrogen (secondary N) is 1. The second-order valence-electron chi connectivity index (χ2n) is 11.8. The maximum atomic E-state index is 13.5. The summed E-state index contributed by atoms with van der Waals surface area (Å²) < 4.78 is 11.5. The van der Waals surface area contributed by atoms with Gasteiger partial charge < -0.3 is 25.2 Å². The lowest BCUT2D eigenvalue weighted by Gasteiger charge is -2.34. The number of aliphatic hydroxyl groups is 1. The van der Waals surface area contributed by atoms with Crippen molar-refractivity contribution >= 4 is 28.2 Å². The number of anilines is 1. The Morgan fingerprint density at radius 1 is 0.960 bits per heavy atom. The van der Waals surface area contributed by atoms with Crippen LogP contribution in [0.1, 0.15) is 44.1 Å². The molecule has 2 aromatic heterocycles. The summed E-state index contributed by atoms with van der Waals surface area (Å²) in [6, 6.07) is 17.6. The van der Waals surface area contributed by atoms with Crippen molar-refractivity contribution in [3.8, 4) is 17.6 Å². The van der Waals surface area contributed by atoms with E-state index in [9.17, 15) is 14.7 Å². The first kappa shape index (κ1) is 36.6. The maximum Gasteiger partial charge on any atom is 0.284 e. The number of benzene rings is 2. The molecule has 3 heterocycles. The molecule has 0 aliphatic carbocycles. The molecular formula is C37H43N7O5S. The molecule has 1 atom stereocenters. The van der Waals surface area contributed by atoms with Gasteiger partial charge in [-0.15, -0.1) is 0 Å². The summed E-state index contributed by atoms with van der Waals surface area (Å²) >= 11 is 0. The molecular weight excluding hydrogens is 655 g/mol. The van der Waals surface area contributed by atoms with Crippen LogP contribution in [0.2, 0.25) is 0 Å². The molecule has 3 N–H and O–H groups in total. The summed E-state index contributed by atoms with van der Waals surface area (Å²) in [7, 11) is 0.862. The van der Waals surface area contributed by atoms with Crippen LogP contribution in [-0.2, 0) is 22.5 Å². The SMILES string of the molecule is Cc1cc(C(=O)Nc2cccc(C#Cc3cncc(C(=O)N=S(CCCN4CCN(CCOCCO)CC4)c4ccccc4O)c3)c2)n(C)n1. The number of ether oxygens (including phenoxy) is 1. The fraction of sp³-hybridized carbons (Fsp3) is 0.351. The first-order chi connectivity index (χ1) is 24.3. The number of nitrogens with zero attached hydrogens (tertiary/aromatic N) is 6. The highest BCUT2D eigenvalue weighted by molar-refractivity contribution is 7.87. The summed E-state index contributed by atoms with van der Waals surface area (Å²) in [5.74, 6) is 6.22. The van der Waals surface area contributed by atoms with E-state index in [0.29, 0.717) is 51.9 Å². The molecule has 50 heavy (non-hydrogen) atoms. The van der Waals surface area contributed by atoms with Crippen molar-refractivity contribution in [1.82, 2.24) is 24.6 Å². The van der Waals surface area contributed by atoms with Gasteiger partial charge in [0.25, 0.3) is 11.8 Å². The number of carbonyl (C=O) groups is 2. The zero-order chi connectivity index (χ0) is 35.3. The number of pyridine rings is 1. The Kier molecular flexibility index (Phi) is 13.4. The van der Waals surface area contributed by atoms with E-state index in [1.807, 2.05) is 31.2 Å². The number of para-hydroxylation sites is 1. The van der Waals surface area contributed by atoms with Crippen molar-refractivity contribution in [1.29, 1.82) is 0 Å². The highest BCUT2D eigenvalue weighted by Gasteiger charge is 2.18. The Hall–Kier alpha value is -4.71. The molecule has 0 saturated carbocycles. The highest BCUT2D eigenvalue weighted by Crippen LogP contribution is 2.23. The largest absolute Gasteiger partial charge is 0.507 e. The molecule has 0 spiro atoms. The molecule has 1 aliphatic heterocycles. The van der Waals surface area contributed by atoms with Crippen LogP contribution in [0, 0.1) is 18.8 Å². The van der Waals surface area contributed by atoms with Crippen LogP contribution in [0.3, 0.4) is 0 Å². The van der Waals surface area contributed by atoms with Gasteiger partial charge in [-0.25, -0.2) is 0 Å². The van der Waals surface area contributed by atoms with E-state index in [2.05, 4.69) is 41.4 Å². The van der Waals surface area contributed by atoms with Crippen molar-refractivity contribution in [2.24, 2.45) is 11.4 Å². The van der Waals surface area contributed by atoms with Crippen LogP contribution >= 0.6 is 0 Å². The maximum absolute atomic E-state index is 13.5. The molecule has 1 unspecified atom stereocenters. The number of phenols is 1. The molecule has 2 aromatic carbocycles. The lowest BCUT2D eigenvalue weighted by Crippen LogP contribution is -2.47. The van der Waals surface area contributed by atoms with E-state index in [1.54, 1.807) is 49.6 Å². The Morgan fingerprint density at radius 2 is 1.72 bits per heavy atom. The average molecular weight is 698 g/mol. The van der Waals surface area contributed by atoms with Crippen LogP contribution in [0.5, 0.6) is 5.75 Å². The predicted molar refractivity (Wildman–Crippen MR) is 193 cm³/mol. The van der Waals surface area contributed by atoms with Crippen molar-refractivity contribution in [3.63, 3.8) is 0 Å². The van der Waals surface area contributed by atoms with E-state index in [4.69, 9.17) is 9.84 Å². The smallest absolute Gasteiger partial charge is 0.284 e. The minimum atomic E-state index is -0.862. The van der Waals surface area contributed by atoms with E-state index < -0.39 is 16.6 Å². The fourth-order valence-electron chi connectivity index (χ4n) is 5.50. The molecule has 12 nitrogen and oxygen atoms in total. The third-order valence-corrected chi connectivity index (χ3v) is 9.98. The first-order valence-corrected chi connectivity index (χ1v) is 17.9. The van der Waals surface area contributed by atoms with Crippen LogP contribution in [-0.4, -0.2) is 111 Å². The van der Waals surface area contributed by atoms with Gasteiger partial charge in [0.05, 0.1) is 36.0 Å². The topological polar surface area (TPSA) is 145 Å². The average Bonchev–Trinajstić information content (AvgIpc) is 3.47. The van der Waals surface area contributed by atoms with Crippen molar-refractivity contribution in [3.05, 3.63) is 101 Å². The normalized spacial score (nSPS) is 14.2. The van der Waals surface area contributed by atoms with Gasteiger partial charge in [0, 0.05) is 74.7 Å². The van der Waals surface area contributed by atoms with Gasteiger partial charge in [0.1, 0.15) is 11.4 Å². The zero-order valence-electron chi connectivity index (χ0n) is 28.4.